The van der Waals surface area contributed by atoms with Crippen LogP contribution in [0.1, 0.15) is 11.1 Å². The van der Waals surface area contributed by atoms with Gasteiger partial charge in [-0.05, 0) is 98.8 Å². The number of esters is 1. The molecule has 0 atom stereocenters. The molecule has 7 nitrogen and oxygen atoms in total. The van der Waals surface area contributed by atoms with Crippen LogP contribution in [0.2, 0.25) is 0 Å². The zero-order valence-electron chi connectivity index (χ0n) is 18.6. The maximum Gasteiger partial charge on any atom is 0.343 e. The number of anilines is 1. The lowest BCUT2D eigenvalue weighted by atomic mass is 10.1. The molecule has 9 heteroatoms. The van der Waals surface area contributed by atoms with E-state index in [1.807, 2.05) is 36.4 Å². The van der Waals surface area contributed by atoms with Crippen LogP contribution < -0.4 is 14.8 Å². The molecular weight excluding hydrogens is 674 g/mol. The third kappa shape index (κ3) is 7.97. The van der Waals surface area contributed by atoms with Crippen molar-refractivity contribution in [2.45, 2.75) is 6.61 Å². The number of carbonyl (C=O) groups excluding carboxylic acids is 2. The first-order valence-corrected chi connectivity index (χ1v) is 12.4. The summed E-state index contributed by atoms with van der Waals surface area (Å²) < 4.78 is 17.3. The maximum atomic E-state index is 12.7. The van der Waals surface area contributed by atoms with Crippen LogP contribution in [0.25, 0.3) is 6.08 Å². The van der Waals surface area contributed by atoms with E-state index in [1.165, 1.54) is 13.2 Å². The molecule has 0 spiro atoms. The van der Waals surface area contributed by atoms with Crippen LogP contribution in [0, 0.1) is 18.5 Å². The average Bonchev–Trinajstić information content (AvgIpc) is 2.86. The highest BCUT2D eigenvalue weighted by molar-refractivity contribution is 14.1. The smallest absolute Gasteiger partial charge is 0.343 e. The second kappa shape index (κ2) is 13.1. The predicted octanol–water partition coefficient (Wildman–Crippen LogP) is 5.57. The van der Waals surface area contributed by atoms with Crippen molar-refractivity contribution in [3.05, 3.63) is 90.6 Å². The number of carbonyl (C=O) groups is 2. The molecule has 0 aliphatic rings. The molecule has 0 aliphatic heterocycles. The summed E-state index contributed by atoms with van der Waals surface area (Å²) in [5, 5.41) is 12.3. The summed E-state index contributed by atoms with van der Waals surface area (Å²) in [6.07, 6.45) is 1.50. The van der Waals surface area contributed by atoms with Crippen LogP contribution in [-0.2, 0) is 20.9 Å². The van der Waals surface area contributed by atoms with Gasteiger partial charge in [0.15, 0.2) is 6.61 Å². The Morgan fingerprint density at radius 3 is 2.26 bits per heavy atom. The summed E-state index contributed by atoms with van der Waals surface area (Å²) in [7, 11) is 1.29. The van der Waals surface area contributed by atoms with E-state index in [4.69, 9.17) is 9.47 Å². The molecule has 0 bridgehead atoms. The highest BCUT2D eigenvalue weighted by Crippen LogP contribution is 2.30. The van der Waals surface area contributed by atoms with Crippen molar-refractivity contribution in [1.29, 1.82) is 5.26 Å². The normalized spacial score (nSPS) is 10.7. The highest BCUT2D eigenvalue weighted by Gasteiger charge is 2.14. The fourth-order valence-electron chi connectivity index (χ4n) is 2.88. The number of methoxy groups -OCH3 is 1. The fraction of sp³-hybridized carbons (Fsp3) is 0.115. The average molecular weight is 694 g/mol. The number of halogens is 2. The number of ether oxygens (including phenoxy) is 3. The minimum atomic E-state index is -0.526. The Balaban J connectivity index is 1.65. The van der Waals surface area contributed by atoms with Crippen LogP contribution in [0.15, 0.2) is 72.3 Å². The van der Waals surface area contributed by atoms with E-state index in [9.17, 15) is 14.9 Å². The number of amides is 1. The van der Waals surface area contributed by atoms with Crippen LogP contribution in [-0.4, -0.2) is 25.6 Å². The second-order valence-electron chi connectivity index (χ2n) is 7.10. The SMILES string of the molecule is COC(=O)COc1c(I)cc(/C=C(\C#N)C(=O)Nc2ccc(OCc3ccccc3)cc2)cc1I. The third-order valence-electron chi connectivity index (χ3n) is 4.62. The molecule has 3 aromatic carbocycles. The van der Waals surface area contributed by atoms with Crippen molar-refractivity contribution >= 4 is 68.8 Å². The number of rotatable bonds is 9. The lowest BCUT2D eigenvalue weighted by Crippen LogP contribution is -2.14. The van der Waals surface area contributed by atoms with Gasteiger partial charge in [-0.3, -0.25) is 4.79 Å². The van der Waals surface area contributed by atoms with Crippen LogP contribution in [0.5, 0.6) is 11.5 Å². The standard InChI is InChI=1S/C26H20I2N2O5/c1-33-24(31)16-35-25-22(27)12-18(13-23(25)28)11-19(14-29)26(32)30-20-7-9-21(10-8-20)34-15-17-5-3-2-4-6-17/h2-13H,15-16H2,1H3,(H,30,32)/b19-11+. The third-order valence-corrected chi connectivity index (χ3v) is 6.22. The van der Waals surface area contributed by atoms with E-state index in [0.717, 1.165) is 12.7 Å². The van der Waals surface area contributed by atoms with Crippen molar-refractivity contribution in [2.24, 2.45) is 0 Å². The summed E-state index contributed by atoms with van der Waals surface area (Å²) in [5.41, 5.74) is 2.20. The monoisotopic (exact) mass is 694 g/mol. The molecule has 0 fully saturated rings. The summed E-state index contributed by atoms with van der Waals surface area (Å²) in [6, 6.07) is 22.2. The van der Waals surface area contributed by atoms with Crippen LogP contribution in [0.3, 0.4) is 0 Å². The van der Waals surface area contributed by atoms with Crippen molar-refractivity contribution in [3.63, 3.8) is 0 Å². The van der Waals surface area contributed by atoms with Crippen molar-refractivity contribution in [3.8, 4) is 17.6 Å². The molecule has 0 unspecified atom stereocenters. The first-order chi connectivity index (χ1) is 16.9. The predicted molar refractivity (Wildman–Crippen MR) is 149 cm³/mol. The largest absolute Gasteiger partial charge is 0.489 e. The number of hydrogen-bond acceptors (Lipinski definition) is 6. The van der Waals surface area contributed by atoms with Crippen molar-refractivity contribution in [1.82, 2.24) is 0 Å². The van der Waals surface area contributed by atoms with Gasteiger partial charge in [-0.15, -0.1) is 0 Å². The minimum Gasteiger partial charge on any atom is -0.489 e. The molecule has 178 valence electrons. The van der Waals surface area contributed by atoms with Crippen molar-refractivity contribution in [2.75, 3.05) is 19.0 Å². The van der Waals surface area contributed by atoms with Gasteiger partial charge in [0, 0.05) is 5.69 Å². The summed E-state index contributed by atoms with van der Waals surface area (Å²) in [4.78, 5) is 24.0. The summed E-state index contributed by atoms with van der Waals surface area (Å²) in [5.74, 6) is 0.189. The molecule has 0 aliphatic carbocycles. The van der Waals surface area contributed by atoms with Crippen LogP contribution in [0.4, 0.5) is 5.69 Å². The Bertz CT molecular complexity index is 1250. The van der Waals surface area contributed by atoms with Gasteiger partial charge < -0.3 is 19.5 Å². The van der Waals surface area contributed by atoms with E-state index >= 15 is 0 Å². The first kappa shape index (κ1) is 26.5. The van der Waals surface area contributed by atoms with Crippen LogP contribution >= 0.6 is 45.2 Å². The molecule has 0 heterocycles. The Hall–Kier alpha value is -3.11. The topological polar surface area (TPSA) is 97.7 Å². The van der Waals surface area contributed by atoms with E-state index in [2.05, 4.69) is 55.2 Å². The number of nitriles is 1. The molecular formula is C26H20I2N2O5. The fourth-order valence-corrected chi connectivity index (χ4v) is 5.01. The number of benzene rings is 3. The van der Waals surface area contributed by atoms with Gasteiger partial charge in [0.1, 0.15) is 29.7 Å². The van der Waals surface area contributed by atoms with E-state index in [1.54, 1.807) is 36.4 Å². The Kier molecular flexibility index (Phi) is 9.92. The second-order valence-corrected chi connectivity index (χ2v) is 9.43. The molecule has 0 radical (unpaired) electrons. The number of nitrogens with zero attached hydrogens (tertiary/aromatic N) is 1. The van der Waals surface area contributed by atoms with Gasteiger partial charge in [-0.1, -0.05) is 30.3 Å². The Labute approximate surface area is 230 Å². The van der Waals surface area contributed by atoms with Gasteiger partial charge in [-0.25, -0.2) is 4.79 Å². The van der Waals surface area contributed by atoms with Gasteiger partial charge in [0.25, 0.3) is 5.91 Å². The molecule has 0 saturated heterocycles. The minimum absolute atomic E-state index is 0.0516. The zero-order valence-corrected chi connectivity index (χ0v) is 22.9. The highest BCUT2D eigenvalue weighted by atomic mass is 127. The van der Waals surface area contributed by atoms with Gasteiger partial charge >= 0.3 is 5.97 Å². The van der Waals surface area contributed by atoms with Gasteiger partial charge in [0.05, 0.1) is 14.3 Å². The van der Waals surface area contributed by atoms with E-state index in [0.29, 0.717) is 29.4 Å². The van der Waals surface area contributed by atoms with Gasteiger partial charge in [0.2, 0.25) is 0 Å². The lowest BCUT2D eigenvalue weighted by molar-refractivity contribution is -0.142. The van der Waals surface area contributed by atoms with Gasteiger partial charge in [-0.2, -0.15) is 5.26 Å². The Morgan fingerprint density at radius 1 is 1.00 bits per heavy atom. The molecule has 3 aromatic rings. The van der Waals surface area contributed by atoms with Crippen molar-refractivity contribution < 1.29 is 23.8 Å². The summed E-state index contributed by atoms with van der Waals surface area (Å²) >= 11 is 4.14. The van der Waals surface area contributed by atoms with E-state index < -0.39 is 11.9 Å². The molecule has 3 rings (SSSR count). The quantitative estimate of drug-likeness (QED) is 0.136. The lowest BCUT2D eigenvalue weighted by Gasteiger charge is -2.11. The number of nitrogens with one attached hydrogen (secondary N) is 1. The Morgan fingerprint density at radius 2 is 1.66 bits per heavy atom. The molecule has 0 saturated carbocycles. The number of hydrogen-bond donors (Lipinski definition) is 1. The van der Waals surface area contributed by atoms with E-state index in [-0.39, 0.29) is 12.2 Å². The first-order valence-electron chi connectivity index (χ1n) is 10.3. The summed E-state index contributed by atoms with van der Waals surface area (Å²) in [6.45, 7) is 0.234. The molecule has 35 heavy (non-hydrogen) atoms. The maximum absolute atomic E-state index is 12.7. The zero-order chi connectivity index (χ0) is 25.2. The molecule has 0 aromatic heterocycles. The molecule has 1 N–H and O–H groups in total. The molecule has 1 amide bonds.